The summed E-state index contributed by atoms with van der Waals surface area (Å²) in [6.45, 7) is 4.22. The van der Waals surface area contributed by atoms with Crippen LogP contribution in [0, 0.1) is 13.8 Å². The van der Waals surface area contributed by atoms with Gasteiger partial charge in [-0.3, -0.25) is 0 Å². The van der Waals surface area contributed by atoms with Crippen LogP contribution in [0.1, 0.15) is 48.8 Å². The maximum absolute atomic E-state index is 6.34. The molecule has 3 rings (SSSR count). The summed E-state index contributed by atoms with van der Waals surface area (Å²) in [5, 5.41) is 8.62. The van der Waals surface area contributed by atoms with Crippen LogP contribution in [-0.2, 0) is 6.42 Å². The highest BCUT2D eigenvalue weighted by molar-refractivity contribution is 7.80. The lowest BCUT2D eigenvalue weighted by molar-refractivity contribution is 0.362. The molecule has 1 aliphatic carbocycles. The molecule has 0 atom stereocenters. The molecule has 0 heterocycles. The van der Waals surface area contributed by atoms with Crippen LogP contribution in [0.5, 0.6) is 0 Å². The second-order valence-corrected chi connectivity index (χ2v) is 8.29. The number of benzene rings is 2. The molecule has 4 heteroatoms. The zero-order valence-corrected chi connectivity index (χ0v) is 17.1. The number of thiocarbonyl (C=S) groups is 1. The monoisotopic (exact) mass is 386 g/mol. The van der Waals surface area contributed by atoms with Crippen LogP contribution in [0.3, 0.4) is 0 Å². The second kappa shape index (κ2) is 8.41. The molecule has 0 aromatic heterocycles. The molecule has 2 nitrogen and oxygen atoms in total. The fourth-order valence-electron chi connectivity index (χ4n) is 3.91. The van der Waals surface area contributed by atoms with E-state index in [1.807, 2.05) is 12.1 Å². The summed E-state index contributed by atoms with van der Waals surface area (Å²) in [5.41, 5.74) is 4.84. The van der Waals surface area contributed by atoms with Gasteiger partial charge in [-0.15, -0.1) is 0 Å². The molecular weight excluding hydrogens is 360 g/mol. The van der Waals surface area contributed by atoms with Gasteiger partial charge in [0, 0.05) is 16.2 Å². The first-order chi connectivity index (χ1) is 12.5. The molecule has 0 amide bonds. The number of rotatable bonds is 5. The Hall–Kier alpha value is -1.58. The minimum atomic E-state index is 0.0713. The maximum atomic E-state index is 6.34. The smallest absolute Gasteiger partial charge is 0.171 e. The first-order valence-corrected chi connectivity index (χ1v) is 10.2. The van der Waals surface area contributed by atoms with Gasteiger partial charge in [0.2, 0.25) is 0 Å². The number of anilines is 1. The van der Waals surface area contributed by atoms with Gasteiger partial charge in [-0.25, -0.2) is 0 Å². The van der Waals surface area contributed by atoms with Gasteiger partial charge >= 0.3 is 0 Å². The molecule has 0 unspecified atom stereocenters. The van der Waals surface area contributed by atoms with E-state index < -0.39 is 0 Å². The summed E-state index contributed by atoms with van der Waals surface area (Å²) in [6, 6.07) is 14.5. The van der Waals surface area contributed by atoms with Gasteiger partial charge in [0.25, 0.3) is 0 Å². The zero-order valence-electron chi connectivity index (χ0n) is 15.6. The van der Waals surface area contributed by atoms with E-state index >= 15 is 0 Å². The lowest BCUT2D eigenvalue weighted by Gasteiger charge is -2.32. The van der Waals surface area contributed by atoms with E-state index in [0.717, 1.165) is 41.5 Å². The Bertz CT molecular complexity index is 781. The normalized spacial score (nSPS) is 15.7. The van der Waals surface area contributed by atoms with Crippen molar-refractivity contribution in [1.29, 1.82) is 0 Å². The molecule has 138 valence electrons. The Morgan fingerprint density at radius 2 is 1.85 bits per heavy atom. The topological polar surface area (TPSA) is 24.1 Å². The minimum absolute atomic E-state index is 0.0713. The predicted molar refractivity (Wildman–Crippen MR) is 116 cm³/mol. The van der Waals surface area contributed by atoms with Crippen molar-refractivity contribution >= 4 is 34.6 Å². The number of hydrogen-bond acceptors (Lipinski definition) is 1. The maximum Gasteiger partial charge on any atom is 0.171 e. The van der Waals surface area contributed by atoms with Crippen LogP contribution in [0.4, 0.5) is 5.69 Å². The lowest BCUT2D eigenvalue weighted by Crippen LogP contribution is -2.48. The van der Waals surface area contributed by atoms with Gasteiger partial charge in [-0.2, -0.15) is 0 Å². The van der Waals surface area contributed by atoms with Crippen LogP contribution in [0.2, 0.25) is 5.02 Å². The van der Waals surface area contributed by atoms with Crippen molar-refractivity contribution in [2.24, 2.45) is 0 Å². The van der Waals surface area contributed by atoms with Crippen LogP contribution >= 0.6 is 23.8 Å². The van der Waals surface area contributed by atoms with E-state index in [4.69, 9.17) is 23.8 Å². The molecule has 1 aliphatic rings. The van der Waals surface area contributed by atoms with Crippen molar-refractivity contribution in [3.05, 3.63) is 64.2 Å². The summed E-state index contributed by atoms with van der Waals surface area (Å²) in [4.78, 5) is 0. The van der Waals surface area contributed by atoms with E-state index in [1.165, 1.54) is 29.5 Å². The fourth-order valence-corrected chi connectivity index (χ4v) is 4.47. The SMILES string of the molecule is Cc1ccc(NC(=S)NC2(CCc3ccccc3Cl)CCCC2)c(C)c1. The Labute approximate surface area is 167 Å². The highest BCUT2D eigenvalue weighted by atomic mass is 35.5. The van der Waals surface area contributed by atoms with Crippen molar-refractivity contribution < 1.29 is 0 Å². The minimum Gasteiger partial charge on any atom is -0.357 e. The number of aryl methyl sites for hydroxylation is 3. The van der Waals surface area contributed by atoms with Gasteiger partial charge < -0.3 is 10.6 Å². The van der Waals surface area contributed by atoms with Gasteiger partial charge in [0.05, 0.1) is 0 Å². The quantitative estimate of drug-likeness (QED) is 0.599. The Balaban J connectivity index is 1.65. The van der Waals surface area contributed by atoms with E-state index in [-0.39, 0.29) is 5.54 Å². The van der Waals surface area contributed by atoms with Crippen molar-refractivity contribution in [1.82, 2.24) is 5.32 Å². The molecule has 2 aromatic carbocycles. The number of nitrogens with one attached hydrogen (secondary N) is 2. The molecule has 0 bridgehead atoms. The largest absolute Gasteiger partial charge is 0.357 e. The average Bonchev–Trinajstić information content (AvgIpc) is 3.05. The van der Waals surface area contributed by atoms with E-state index in [9.17, 15) is 0 Å². The van der Waals surface area contributed by atoms with E-state index in [1.54, 1.807) is 0 Å². The van der Waals surface area contributed by atoms with Gasteiger partial charge in [-0.05, 0) is 75.0 Å². The molecule has 2 aromatic rings. The van der Waals surface area contributed by atoms with Crippen molar-refractivity contribution in [3.8, 4) is 0 Å². The van der Waals surface area contributed by atoms with Crippen LogP contribution < -0.4 is 10.6 Å². The molecule has 2 N–H and O–H groups in total. The van der Waals surface area contributed by atoms with Gasteiger partial charge in [-0.1, -0.05) is 60.3 Å². The van der Waals surface area contributed by atoms with E-state index in [0.29, 0.717) is 0 Å². The highest BCUT2D eigenvalue weighted by Gasteiger charge is 2.34. The van der Waals surface area contributed by atoms with Crippen molar-refractivity contribution in [2.75, 3.05) is 5.32 Å². The molecule has 0 saturated heterocycles. The third kappa shape index (κ3) is 4.77. The summed E-state index contributed by atoms with van der Waals surface area (Å²) >= 11 is 12.0. The molecule has 0 radical (unpaired) electrons. The first-order valence-electron chi connectivity index (χ1n) is 9.37. The molecule has 0 aliphatic heterocycles. The highest BCUT2D eigenvalue weighted by Crippen LogP contribution is 2.34. The zero-order chi connectivity index (χ0) is 18.6. The average molecular weight is 387 g/mol. The third-order valence-corrected chi connectivity index (χ3v) is 5.97. The van der Waals surface area contributed by atoms with Crippen molar-refractivity contribution in [3.63, 3.8) is 0 Å². The van der Waals surface area contributed by atoms with Gasteiger partial charge in [0.1, 0.15) is 0 Å². The van der Waals surface area contributed by atoms with Gasteiger partial charge in [0.15, 0.2) is 5.11 Å². The first kappa shape index (κ1) is 19.2. The van der Waals surface area contributed by atoms with Crippen LogP contribution in [-0.4, -0.2) is 10.7 Å². The lowest BCUT2D eigenvalue weighted by atomic mass is 9.89. The summed E-state index contributed by atoms with van der Waals surface area (Å²) in [6.07, 6.45) is 6.84. The molecule has 1 saturated carbocycles. The number of halogens is 1. The van der Waals surface area contributed by atoms with Crippen LogP contribution in [0.25, 0.3) is 0 Å². The van der Waals surface area contributed by atoms with E-state index in [2.05, 4.69) is 54.8 Å². The molecular formula is C22H27ClN2S. The third-order valence-electron chi connectivity index (χ3n) is 5.40. The molecule has 26 heavy (non-hydrogen) atoms. The van der Waals surface area contributed by atoms with Crippen molar-refractivity contribution in [2.45, 2.75) is 57.9 Å². The molecule has 1 fully saturated rings. The Morgan fingerprint density at radius 1 is 1.12 bits per heavy atom. The standard InChI is InChI=1S/C22H27ClN2S/c1-16-9-10-20(17(2)15-16)24-21(26)25-22(12-5-6-13-22)14-11-18-7-3-4-8-19(18)23/h3-4,7-10,15H,5-6,11-14H2,1-2H3,(H2,24,25,26). The second-order valence-electron chi connectivity index (χ2n) is 7.48. The summed E-state index contributed by atoms with van der Waals surface area (Å²) in [7, 11) is 0. The Kier molecular flexibility index (Phi) is 6.20. The summed E-state index contributed by atoms with van der Waals surface area (Å²) in [5.74, 6) is 0. The Morgan fingerprint density at radius 3 is 2.54 bits per heavy atom. The molecule has 0 spiro atoms. The number of hydrogen-bond donors (Lipinski definition) is 2. The fraction of sp³-hybridized carbons (Fsp3) is 0.409. The van der Waals surface area contributed by atoms with Crippen LogP contribution in [0.15, 0.2) is 42.5 Å². The predicted octanol–water partition coefficient (Wildman–Crippen LogP) is 6.19. The summed E-state index contributed by atoms with van der Waals surface area (Å²) < 4.78 is 0.